The quantitative estimate of drug-likeness (QED) is 0.644. The van der Waals surface area contributed by atoms with Gasteiger partial charge in [0, 0.05) is 45.2 Å². The molecule has 1 rings (SSSR count). The van der Waals surface area contributed by atoms with Gasteiger partial charge in [-0.3, -0.25) is 0 Å². The summed E-state index contributed by atoms with van der Waals surface area (Å²) in [6.07, 6.45) is 2.09. The first kappa shape index (κ1) is 13.2. The normalized spacial score (nSPS) is 10.9. The van der Waals surface area contributed by atoms with Crippen LogP contribution in [0.2, 0.25) is 0 Å². The molecule has 0 spiro atoms. The van der Waals surface area contributed by atoms with Crippen LogP contribution >= 0.6 is 0 Å². The fourth-order valence-corrected chi connectivity index (χ4v) is 1.53. The van der Waals surface area contributed by atoms with Gasteiger partial charge in [-0.1, -0.05) is 0 Å². The van der Waals surface area contributed by atoms with Crippen LogP contribution in [0.1, 0.15) is 12.6 Å². The Kier molecular flexibility index (Phi) is 6.88. The predicted octanol–water partition coefficient (Wildman–Crippen LogP) is 1.26. The van der Waals surface area contributed by atoms with Gasteiger partial charge in [0.1, 0.15) is 0 Å². The highest BCUT2D eigenvalue weighted by Gasteiger charge is 1.99. The van der Waals surface area contributed by atoms with E-state index in [0.717, 1.165) is 39.5 Å². The van der Waals surface area contributed by atoms with Crippen LogP contribution < -0.4 is 5.32 Å². The Balaban J connectivity index is 2.26. The van der Waals surface area contributed by atoms with E-state index >= 15 is 0 Å². The van der Waals surface area contributed by atoms with Crippen molar-refractivity contribution < 1.29 is 9.47 Å². The second-order valence-electron chi connectivity index (χ2n) is 3.56. The van der Waals surface area contributed by atoms with E-state index in [1.807, 2.05) is 6.92 Å². The summed E-state index contributed by atoms with van der Waals surface area (Å²) >= 11 is 0. The van der Waals surface area contributed by atoms with Crippen LogP contribution in [0.5, 0.6) is 0 Å². The van der Waals surface area contributed by atoms with Gasteiger partial charge in [0.2, 0.25) is 0 Å². The van der Waals surface area contributed by atoms with Gasteiger partial charge in [0.05, 0.1) is 13.2 Å². The van der Waals surface area contributed by atoms with Crippen molar-refractivity contribution in [3.63, 3.8) is 0 Å². The number of hydrogen-bond donors (Lipinski definition) is 1. The van der Waals surface area contributed by atoms with Crippen LogP contribution in [0.15, 0.2) is 18.3 Å². The van der Waals surface area contributed by atoms with Gasteiger partial charge in [-0.15, -0.1) is 0 Å². The smallest absolute Gasteiger partial charge is 0.0645 e. The molecule has 0 saturated carbocycles. The Morgan fingerprint density at radius 3 is 3.00 bits per heavy atom. The standard InChI is InChI=1S/C12H22N2O2/c1-3-16-10-8-14-7-4-5-12(14)11-13-6-9-15-2/h4-5,7,13H,3,6,8-11H2,1-2H3. The molecule has 1 heterocycles. The minimum Gasteiger partial charge on any atom is -0.383 e. The van der Waals surface area contributed by atoms with Gasteiger partial charge < -0.3 is 19.4 Å². The first-order chi connectivity index (χ1) is 7.88. The maximum absolute atomic E-state index is 5.34. The van der Waals surface area contributed by atoms with E-state index in [1.54, 1.807) is 7.11 Å². The lowest BCUT2D eigenvalue weighted by Gasteiger charge is -2.10. The third-order valence-corrected chi connectivity index (χ3v) is 2.39. The molecule has 0 aliphatic carbocycles. The summed E-state index contributed by atoms with van der Waals surface area (Å²) < 4.78 is 12.5. The summed E-state index contributed by atoms with van der Waals surface area (Å²) in [6, 6.07) is 4.20. The van der Waals surface area contributed by atoms with Crippen LogP contribution in [0.4, 0.5) is 0 Å². The second kappa shape index (κ2) is 8.33. The summed E-state index contributed by atoms with van der Waals surface area (Å²) in [5.74, 6) is 0. The van der Waals surface area contributed by atoms with Crippen LogP contribution in [0.3, 0.4) is 0 Å². The molecule has 92 valence electrons. The van der Waals surface area contributed by atoms with Gasteiger partial charge in [-0.25, -0.2) is 0 Å². The summed E-state index contributed by atoms with van der Waals surface area (Å²) in [5, 5.41) is 3.33. The first-order valence-electron chi connectivity index (χ1n) is 5.80. The van der Waals surface area contributed by atoms with Gasteiger partial charge in [-0.05, 0) is 19.1 Å². The molecule has 0 aromatic carbocycles. The average Bonchev–Trinajstić information content (AvgIpc) is 2.73. The SMILES string of the molecule is CCOCCn1cccc1CNCCOC. The molecule has 0 unspecified atom stereocenters. The van der Waals surface area contributed by atoms with E-state index in [1.165, 1.54) is 5.69 Å². The first-order valence-corrected chi connectivity index (χ1v) is 5.80. The molecule has 0 radical (unpaired) electrons. The van der Waals surface area contributed by atoms with E-state index in [4.69, 9.17) is 9.47 Å². The van der Waals surface area contributed by atoms with Crippen molar-refractivity contribution >= 4 is 0 Å². The van der Waals surface area contributed by atoms with Crippen LogP contribution in [0, 0.1) is 0 Å². The Morgan fingerprint density at radius 1 is 1.38 bits per heavy atom. The molecule has 0 atom stereocenters. The number of aromatic nitrogens is 1. The number of rotatable bonds is 9. The molecule has 1 N–H and O–H groups in total. The molecule has 0 aliphatic heterocycles. The van der Waals surface area contributed by atoms with Crippen molar-refractivity contribution in [2.45, 2.75) is 20.0 Å². The molecule has 0 saturated heterocycles. The van der Waals surface area contributed by atoms with Crippen molar-refractivity contribution in [3.05, 3.63) is 24.0 Å². The zero-order valence-electron chi connectivity index (χ0n) is 10.2. The zero-order chi connectivity index (χ0) is 11.6. The molecular weight excluding hydrogens is 204 g/mol. The van der Waals surface area contributed by atoms with Crippen molar-refractivity contribution in [1.29, 1.82) is 0 Å². The summed E-state index contributed by atoms with van der Waals surface area (Å²) in [6.45, 7) is 7.00. The summed E-state index contributed by atoms with van der Waals surface area (Å²) in [5.41, 5.74) is 1.29. The largest absolute Gasteiger partial charge is 0.383 e. The Hall–Kier alpha value is -0.840. The molecule has 4 nitrogen and oxygen atoms in total. The van der Waals surface area contributed by atoms with E-state index in [9.17, 15) is 0 Å². The van der Waals surface area contributed by atoms with Crippen molar-refractivity contribution in [3.8, 4) is 0 Å². The number of nitrogens with zero attached hydrogens (tertiary/aromatic N) is 1. The Labute approximate surface area is 97.5 Å². The lowest BCUT2D eigenvalue weighted by atomic mass is 10.4. The van der Waals surface area contributed by atoms with E-state index in [-0.39, 0.29) is 0 Å². The third kappa shape index (κ3) is 4.79. The van der Waals surface area contributed by atoms with Gasteiger partial charge in [-0.2, -0.15) is 0 Å². The van der Waals surface area contributed by atoms with Crippen molar-refractivity contribution in [1.82, 2.24) is 9.88 Å². The van der Waals surface area contributed by atoms with Crippen molar-refractivity contribution in [2.24, 2.45) is 0 Å². The van der Waals surface area contributed by atoms with Gasteiger partial charge in [0.25, 0.3) is 0 Å². The van der Waals surface area contributed by atoms with Gasteiger partial charge in [0.15, 0.2) is 0 Å². The van der Waals surface area contributed by atoms with Gasteiger partial charge >= 0.3 is 0 Å². The number of ether oxygens (including phenoxy) is 2. The fourth-order valence-electron chi connectivity index (χ4n) is 1.53. The molecule has 16 heavy (non-hydrogen) atoms. The van der Waals surface area contributed by atoms with E-state index in [0.29, 0.717) is 0 Å². The molecule has 0 bridgehead atoms. The van der Waals surface area contributed by atoms with Crippen LogP contribution in [-0.2, 0) is 22.6 Å². The second-order valence-corrected chi connectivity index (χ2v) is 3.56. The molecule has 4 heteroatoms. The lowest BCUT2D eigenvalue weighted by molar-refractivity contribution is 0.138. The Bertz CT molecular complexity index is 274. The van der Waals surface area contributed by atoms with Crippen LogP contribution in [-0.4, -0.2) is 38.0 Å². The summed E-state index contributed by atoms with van der Waals surface area (Å²) in [4.78, 5) is 0. The number of hydrogen-bond acceptors (Lipinski definition) is 3. The highest BCUT2D eigenvalue weighted by molar-refractivity contribution is 5.06. The zero-order valence-corrected chi connectivity index (χ0v) is 10.2. The van der Waals surface area contributed by atoms with E-state index < -0.39 is 0 Å². The highest BCUT2D eigenvalue weighted by Crippen LogP contribution is 2.01. The molecule has 0 amide bonds. The number of methoxy groups -OCH3 is 1. The fraction of sp³-hybridized carbons (Fsp3) is 0.667. The molecule has 1 aromatic heterocycles. The monoisotopic (exact) mass is 226 g/mol. The molecule has 0 aliphatic rings. The number of nitrogens with one attached hydrogen (secondary N) is 1. The lowest BCUT2D eigenvalue weighted by Crippen LogP contribution is -2.21. The highest BCUT2D eigenvalue weighted by atomic mass is 16.5. The van der Waals surface area contributed by atoms with E-state index in [2.05, 4.69) is 28.2 Å². The minimum atomic E-state index is 0.750. The topological polar surface area (TPSA) is 35.4 Å². The maximum Gasteiger partial charge on any atom is 0.0645 e. The molecule has 0 fully saturated rings. The molecule has 1 aromatic rings. The predicted molar refractivity (Wildman–Crippen MR) is 64.5 cm³/mol. The molecular formula is C12H22N2O2. The van der Waals surface area contributed by atoms with Crippen LogP contribution in [0.25, 0.3) is 0 Å². The minimum absolute atomic E-state index is 0.750. The Morgan fingerprint density at radius 2 is 2.25 bits per heavy atom. The maximum atomic E-state index is 5.34. The third-order valence-electron chi connectivity index (χ3n) is 2.39. The average molecular weight is 226 g/mol. The van der Waals surface area contributed by atoms with Crippen molar-refractivity contribution in [2.75, 3.05) is 33.5 Å². The summed E-state index contributed by atoms with van der Waals surface area (Å²) in [7, 11) is 1.71.